The third kappa shape index (κ3) is 4.04. The lowest BCUT2D eigenvalue weighted by molar-refractivity contribution is -0.122. The summed E-state index contributed by atoms with van der Waals surface area (Å²) in [5.74, 6) is 0.546. The van der Waals surface area contributed by atoms with Gasteiger partial charge in [-0.3, -0.25) is 4.79 Å². The Labute approximate surface area is 179 Å². The molecule has 6 heteroatoms. The topological polar surface area (TPSA) is 64.1 Å². The second-order valence-electron chi connectivity index (χ2n) is 7.32. The van der Waals surface area contributed by atoms with Gasteiger partial charge < -0.3 is 10.1 Å². The first kappa shape index (κ1) is 20.0. The number of nitrogens with one attached hydrogen (secondary N) is 1. The fourth-order valence-corrected chi connectivity index (χ4v) is 4.06. The number of hydrogen-bond donors (Lipinski definition) is 1. The molecule has 0 bridgehead atoms. The van der Waals surface area contributed by atoms with Gasteiger partial charge in [-0.1, -0.05) is 23.5 Å². The zero-order chi connectivity index (χ0) is 21.3. The molecule has 4 rings (SSSR count). The highest BCUT2D eigenvalue weighted by atomic mass is 32.1. The lowest BCUT2D eigenvalue weighted by Crippen LogP contribution is -2.30. The maximum Gasteiger partial charge on any atom is 0.265 e. The third-order valence-electron chi connectivity index (χ3n) is 5.13. The predicted octanol–water partition coefficient (Wildman–Crippen LogP) is 5.69. The molecule has 2 aromatic carbocycles. The number of hydrogen-bond acceptors (Lipinski definition) is 5. The number of carbonyl (C=O) groups is 1. The Kier molecular flexibility index (Phi) is 5.50. The summed E-state index contributed by atoms with van der Waals surface area (Å²) in [7, 11) is 0. The minimum Gasteiger partial charge on any atom is -0.481 e. The van der Waals surface area contributed by atoms with Crippen LogP contribution in [0.3, 0.4) is 0 Å². The molecule has 0 saturated carbocycles. The standard InChI is InChI=1S/C24H23N3O2S/c1-14-7-5-9-21(16(14)3)29-17(4)22(28)26-19-11-10-18(13-15(19)2)23-27-20-8-6-12-25-24(20)30-23/h5-13,17H,1-4H3,(H,26,28). The third-order valence-corrected chi connectivity index (χ3v) is 6.15. The quantitative estimate of drug-likeness (QED) is 0.453. The van der Waals surface area contributed by atoms with E-state index in [2.05, 4.69) is 15.3 Å². The molecule has 2 aromatic heterocycles. The monoisotopic (exact) mass is 417 g/mol. The van der Waals surface area contributed by atoms with E-state index in [-0.39, 0.29) is 5.91 Å². The van der Waals surface area contributed by atoms with Crippen LogP contribution in [0, 0.1) is 20.8 Å². The zero-order valence-corrected chi connectivity index (χ0v) is 18.2. The van der Waals surface area contributed by atoms with Crippen LogP contribution in [0.15, 0.2) is 54.7 Å². The number of aromatic nitrogens is 2. The van der Waals surface area contributed by atoms with E-state index in [4.69, 9.17) is 4.74 Å². The highest BCUT2D eigenvalue weighted by molar-refractivity contribution is 7.21. The highest BCUT2D eigenvalue weighted by Crippen LogP contribution is 2.31. The summed E-state index contributed by atoms with van der Waals surface area (Å²) in [6.45, 7) is 7.75. The molecule has 5 nitrogen and oxygen atoms in total. The Morgan fingerprint density at radius 1 is 1.07 bits per heavy atom. The minimum absolute atomic E-state index is 0.184. The normalized spacial score (nSPS) is 12.0. The molecule has 0 aliphatic heterocycles. The number of ether oxygens (including phenoxy) is 1. The molecular weight excluding hydrogens is 394 g/mol. The molecule has 0 fully saturated rings. The second-order valence-corrected chi connectivity index (χ2v) is 8.30. The second kappa shape index (κ2) is 8.24. The van der Waals surface area contributed by atoms with Crippen LogP contribution < -0.4 is 10.1 Å². The van der Waals surface area contributed by atoms with Crippen LogP contribution >= 0.6 is 11.3 Å². The molecule has 1 amide bonds. The number of pyridine rings is 1. The number of carbonyl (C=O) groups excluding carboxylic acids is 1. The number of fused-ring (bicyclic) bond motifs is 1. The summed E-state index contributed by atoms with van der Waals surface area (Å²) in [6, 6.07) is 15.6. The van der Waals surface area contributed by atoms with Crippen molar-refractivity contribution in [1.82, 2.24) is 9.97 Å². The molecule has 4 aromatic rings. The van der Waals surface area contributed by atoms with Crippen molar-refractivity contribution in [2.75, 3.05) is 5.32 Å². The number of aryl methyl sites for hydroxylation is 2. The fourth-order valence-electron chi connectivity index (χ4n) is 3.16. The highest BCUT2D eigenvalue weighted by Gasteiger charge is 2.17. The number of rotatable bonds is 5. The van der Waals surface area contributed by atoms with Gasteiger partial charge in [0.1, 0.15) is 21.1 Å². The van der Waals surface area contributed by atoms with Gasteiger partial charge in [-0.25, -0.2) is 9.97 Å². The molecule has 30 heavy (non-hydrogen) atoms. The zero-order valence-electron chi connectivity index (χ0n) is 17.4. The van der Waals surface area contributed by atoms with Gasteiger partial charge in [0.25, 0.3) is 5.91 Å². The van der Waals surface area contributed by atoms with Crippen molar-refractivity contribution < 1.29 is 9.53 Å². The number of benzene rings is 2. The van der Waals surface area contributed by atoms with E-state index in [1.165, 1.54) is 0 Å². The van der Waals surface area contributed by atoms with Crippen molar-refractivity contribution in [3.05, 3.63) is 71.4 Å². The summed E-state index contributed by atoms with van der Waals surface area (Å²) in [6.07, 6.45) is 1.16. The van der Waals surface area contributed by atoms with Crippen molar-refractivity contribution in [1.29, 1.82) is 0 Å². The maximum atomic E-state index is 12.7. The van der Waals surface area contributed by atoms with Crippen molar-refractivity contribution in [2.24, 2.45) is 0 Å². The average Bonchev–Trinajstić information content (AvgIpc) is 3.17. The van der Waals surface area contributed by atoms with Gasteiger partial charge in [-0.15, -0.1) is 0 Å². The molecule has 0 saturated heterocycles. The Balaban J connectivity index is 1.49. The first-order chi connectivity index (χ1) is 14.4. The molecule has 1 unspecified atom stereocenters. The molecule has 0 radical (unpaired) electrons. The van der Waals surface area contributed by atoms with Crippen LogP contribution in [0.25, 0.3) is 20.9 Å². The van der Waals surface area contributed by atoms with Gasteiger partial charge in [0.2, 0.25) is 0 Å². The van der Waals surface area contributed by atoms with Crippen molar-refractivity contribution >= 4 is 33.3 Å². The van der Waals surface area contributed by atoms with E-state index in [0.717, 1.165) is 49.0 Å². The molecule has 1 atom stereocenters. The summed E-state index contributed by atoms with van der Waals surface area (Å²) >= 11 is 1.56. The number of nitrogens with zero attached hydrogens (tertiary/aromatic N) is 2. The largest absolute Gasteiger partial charge is 0.481 e. The Morgan fingerprint density at radius 3 is 2.67 bits per heavy atom. The molecular formula is C24H23N3O2S. The number of anilines is 1. The van der Waals surface area contributed by atoms with Crippen LogP contribution in [-0.2, 0) is 4.79 Å². The Hall–Kier alpha value is -3.25. The van der Waals surface area contributed by atoms with Crippen molar-refractivity contribution in [3.8, 4) is 16.3 Å². The predicted molar refractivity (Wildman–Crippen MR) is 122 cm³/mol. The van der Waals surface area contributed by atoms with E-state index in [1.807, 2.05) is 69.3 Å². The molecule has 0 aliphatic rings. The first-order valence-electron chi connectivity index (χ1n) is 9.78. The van der Waals surface area contributed by atoms with E-state index < -0.39 is 6.10 Å². The van der Waals surface area contributed by atoms with Gasteiger partial charge in [-0.05, 0) is 80.8 Å². The average molecular weight is 418 g/mol. The van der Waals surface area contributed by atoms with Crippen LogP contribution in [0.5, 0.6) is 5.75 Å². The smallest absolute Gasteiger partial charge is 0.265 e. The Bertz CT molecular complexity index is 1200. The van der Waals surface area contributed by atoms with Crippen LogP contribution in [0.1, 0.15) is 23.6 Å². The Morgan fingerprint density at radius 2 is 1.90 bits per heavy atom. The van der Waals surface area contributed by atoms with Gasteiger partial charge in [0.05, 0.1) is 0 Å². The van der Waals surface area contributed by atoms with E-state index in [9.17, 15) is 4.79 Å². The summed E-state index contributed by atoms with van der Waals surface area (Å²) in [5.41, 5.74) is 5.81. The number of amides is 1. The van der Waals surface area contributed by atoms with Gasteiger partial charge in [0, 0.05) is 17.4 Å². The maximum absolute atomic E-state index is 12.7. The van der Waals surface area contributed by atoms with Gasteiger partial charge in [0.15, 0.2) is 6.10 Å². The van der Waals surface area contributed by atoms with Gasteiger partial charge in [-0.2, -0.15) is 0 Å². The molecule has 0 spiro atoms. The summed E-state index contributed by atoms with van der Waals surface area (Å²) < 4.78 is 5.90. The minimum atomic E-state index is -0.611. The molecule has 1 N–H and O–H groups in total. The molecule has 0 aliphatic carbocycles. The van der Waals surface area contributed by atoms with E-state index in [1.54, 1.807) is 24.5 Å². The number of thiazole rings is 1. The van der Waals surface area contributed by atoms with Crippen LogP contribution in [0.2, 0.25) is 0 Å². The summed E-state index contributed by atoms with van der Waals surface area (Å²) in [5, 5.41) is 3.89. The van der Waals surface area contributed by atoms with E-state index in [0.29, 0.717) is 0 Å². The van der Waals surface area contributed by atoms with Crippen molar-refractivity contribution in [3.63, 3.8) is 0 Å². The summed E-state index contributed by atoms with van der Waals surface area (Å²) in [4.78, 5) is 22.6. The SMILES string of the molecule is Cc1cc(-c2nc3cccnc3s2)ccc1NC(=O)C(C)Oc1cccc(C)c1C. The molecule has 152 valence electrons. The first-order valence-corrected chi connectivity index (χ1v) is 10.6. The van der Waals surface area contributed by atoms with Crippen LogP contribution in [-0.4, -0.2) is 22.0 Å². The van der Waals surface area contributed by atoms with E-state index >= 15 is 0 Å². The van der Waals surface area contributed by atoms with Gasteiger partial charge >= 0.3 is 0 Å². The lowest BCUT2D eigenvalue weighted by atomic mass is 10.1. The fraction of sp³-hybridized carbons (Fsp3) is 0.208. The van der Waals surface area contributed by atoms with Crippen molar-refractivity contribution in [2.45, 2.75) is 33.8 Å². The molecule has 2 heterocycles. The van der Waals surface area contributed by atoms with Crippen LogP contribution in [0.4, 0.5) is 5.69 Å². The lowest BCUT2D eigenvalue weighted by Gasteiger charge is -2.18.